The minimum absolute atomic E-state index is 0. The van der Waals surface area contributed by atoms with E-state index in [9.17, 15) is 0 Å². The van der Waals surface area contributed by atoms with Gasteiger partial charge >= 0.3 is 53.3 Å². The van der Waals surface area contributed by atoms with Crippen LogP contribution in [0.2, 0.25) is 0 Å². The largest absolute Gasteiger partial charge is 2.00 e. The molecule has 32 valence electrons. The molecule has 0 bridgehead atoms. The smallest absolute Gasteiger partial charge is 2.00 e. The number of hydrogen-bond acceptors (Lipinski definition) is 0. The topological polar surface area (TPSA) is 28.5 Å². The zero-order valence-corrected chi connectivity index (χ0v) is 6.19. The molecule has 0 aliphatic carbocycles. The van der Waals surface area contributed by atoms with E-state index in [-0.39, 0.29) is 22.5 Å². The number of rotatable bonds is 0. The molecule has 0 N–H and O–H groups in total. The van der Waals surface area contributed by atoms with Crippen molar-refractivity contribution in [3.63, 3.8) is 0 Å². The van der Waals surface area contributed by atoms with Crippen molar-refractivity contribution < 1.29 is 39.8 Å². The van der Waals surface area contributed by atoms with Gasteiger partial charge in [-0.05, 0) is 0 Å². The molecule has 0 fully saturated rings. The summed E-state index contributed by atoms with van der Waals surface area (Å²) in [5, 5.41) is 0. The van der Waals surface area contributed by atoms with Gasteiger partial charge in [0, 0.05) is 0 Å². The predicted octanol–water partition coefficient (Wildman–Crippen LogP) is 0.762. The minimum atomic E-state index is 0. The first-order chi connectivity index (χ1) is 1.00. The fraction of sp³-hybridized carbons (Fsp3) is 0. The fourth-order valence-electron chi connectivity index (χ4n) is 0. The second kappa shape index (κ2) is 20.3. The molecule has 0 aliphatic heterocycles. The number of hydrogen-bond donors (Lipinski definition) is 0. The summed E-state index contributed by atoms with van der Waals surface area (Å²) in [4.78, 5) is 0. The quantitative estimate of drug-likeness (QED) is 0.467. The second-order valence-electron chi connectivity index (χ2n) is 0. The van der Waals surface area contributed by atoms with Crippen LogP contribution in [0.1, 0.15) is 0 Å². The van der Waals surface area contributed by atoms with Crippen LogP contribution in [0.4, 0.5) is 0 Å². The minimum Gasteiger partial charge on any atom is -2.00 e. The first-order valence-electron chi connectivity index (χ1n) is 0.114. The van der Waals surface area contributed by atoms with Gasteiger partial charge in [0.15, 0.2) is 0 Å². The Labute approximate surface area is 58.1 Å². The molecule has 0 aliphatic rings. The summed E-state index contributed by atoms with van der Waals surface area (Å²) >= 11 is 4.88. The molecule has 0 aromatic heterocycles. The van der Waals surface area contributed by atoms with Gasteiger partial charge in [-0.3, -0.25) is 0 Å². The fourth-order valence-corrected chi connectivity index (χ4v) is 0. The predicted molar refractivity (Wildman–Crippen MR) is 14.7 cm³/mol. The van der Waals surface area contributed by atoms with Crippen molar-refractivity contribution in [2.75, 3.05) is 0 Å². The van der Waals surface area contributed by atoms with E-state index in [1.807, 2.05) is 19.0 Å². The average Bonchev–Trinajstić information content (AvgIpc) is 1.00. The molecule has 0 spiro atoms. The van der Waals surface area contributed by atoms with Gasteiger partial charge in [0.05, 0.1) is 0 Å². The molecule has 0 amide bonds. The van der Waals surface area contributed by atoms with E-state index in [0.29, 0.717) is 0 Å². The van der Waals surface area contributed by atoms with Crippen molar-refractivity contribution in [2.24, 2.45) is 0 Å². The Bertz CT molecular complexity index is 8.00. The number of halogens is 1. The van der Waals surface area contributed by atoms with Crippen molar-refractivity contribution in [3.05, 3.63) is 0 Å². The van der Waals surface area contributed by atoms with Crippen molar-refractivity contribution in [3.8, 4) is 0 Å². The van der Waals surface area contributed by atoms with Crippen LogP contribution in [0.15, 0.2) is 0 Å². The molecule has 4 heavy (non-hydrogen) atoms. The molecule has 0 aromatic carbocycles. The third kappa shape index (κ3) is 9.04. The Morgan fingerprint density at radius 2 is 1.25 bits per heavy atom. The molecular formula is AgFeIO. The first kappa shape index (κ1) is 16.8. The standard InChI is InChI=1S/Ag.Fe.HI.O/h;;1H;/q+1;+2;;-2/p-1. The van der Waals surface area contributed by atoms with Gasteiger partial charge in [0.1, 0.15) is 0 Å². The van der Waals surface area contributed by atoms with Crippen LogP contribution >= 0.6 is 19.0 Å². The molecule has 0 saturated carbocycles. The van der Waals surface area contributed by atoms with Gasteiger partial charge < -0.3 is 5.48 Å². The van der Waals surface area contributed by atoms with Crippen molar-refractivity contribution in [1.29, 1.82) is 0 Å². The van der Waals surface area contributed by atoms with Gasteiger partial charge in [-0.1, -0.05) is 0 Å². The molecule has 0 radical (unpaired) electrons. The first-order valence-corrected chi connectivity index (χ1v) is 4.52. The van der Waals surface area contributed by atoms with E-state index in [1.165, 1.54) is 0 Å². The molecule has 0 unspecified atom stereocenters. The van der Waals surface area contributed by atoms with E-state index in [1.54, 1.807) is 0 Å². The third-order valence-corrected chi connectivity index (χ3v) is 0. The Balaban J connectivity index is -0.00000000500. The van der Waals surface area contributed by atoms with Gasteiger partial charge in [-0.25, -0.2) is 0 Å². The summed E-state index contributed by atoms with van der Waals surface area (Å²) in [6, 6.07) is 0. The monoisotopic (exact) mass is 306 g/mol. The second-order valence-corrected chi connectivity index (χ2v) is 0. The zero-order chi connectivity index (χ0) is 2.00. The van der Waals surface area contributed by atoms with E-state index >= 15 is 0 Å². The van der Waals surface area contributed by atoms with Crippen LogP contribution in [0.25, 0.3) is 0 Å². The Kier molecular flexibility index (Phi) is 85.1. The van der Waals surface area contributed by atoms with Crippen LogP contribution < -0.4 is 0 Å². The van der Waals surface area contributed by atoms with Gasteiger partial charge in [0.2, 0.25) is 0 Å². The average molecular weight is 307 g/mol. The van der Waals surface area contributed by atoms with Crippen molar-refractivity contribution in [2.45, 2.75) is 0 Å². The normalized spacial score (nSPS) is 1.75. The summed E-state index contributed by atoms with van der Waals surface area (Å²) in [5.74, 6) is 0. The van der Waals surface area contributed by atoms with Crippen molar-refractivity contribution >= 4 is 19.0 Å². The molecule has 0 aromatic rings. The summed E-state index contributed by atoms with van der Waals surface area (Å²) in [7, 11) is 0. The third-order valence-electron chi connectivity index (χ3n) is 0. The van der Waals surface area contributed by atoms with E-state index < -0.39 is 0 Å². The molecule has 0 heterocycles. The summed E-state index contributed by atoms with van der Waals surface area (Å²) in [5.41, 5.74) is 0. The Hall–Kier alpha value is 1.95. The van der Waals surface area contributed by atoms with Crippen LogP contribution in [-0.4, -0.2) is 0 Å². The van der Waals surface area contributed by atoms with Crippen molar-refractivity contribution in [1.82, 2.24) is 0 Å². The summed E-state index contributed by atoms with van der Waals surface area (Å²) in [6.07, 6.45) is 0. The van der Waals surface area contributed by atoms with E-state index in [0.717, 1.165) is 0 Å². The van der Waals surface area contributed by atoms with Gasteiger partial charge in [-0.15, -0.1) is 0 Å². The molecule has 0 atom stereocenters. The Morgan fingerprint density at radius 1 is 1.25 bits per heavy atom. The molecule has 4 heteroatoms. The molecular weight excluding hydrogens is 307 g/mol. The SMILES string of the molecule is [Ag][I].[Fe+2].[O-2]. The van der Waals surface area contributed by atoms with Crippen LogP contribution in [0.5, 0.6) is 0 Å². The maximum atomic E-state index is 2.92. The Morgan fingerprint density at radius 3 is 1.25 bits per heavy atom. The van der Waals surface area contributed by atoms with Gasteiger partial charge in [0.25, 0.3) is 0 Å². The maximum absolute atomic E-state index is 2.92. The molecule has 1 nitrogen and oxygen atoms in total. The maximum Gasteiger partial charge on any atom is 2.00 e. The molecule has 0 saturated heterocycles. The summed E-state index contributed by atoms with van der Waals surface area (Å²) < 4.78 is 0. The molecule has 0 rings (SSSR count). The zero-order valence-electron chi connectivity index (χ0n) is 1.44. The van der Waals surface area contributed by atoms with Crippen LogP contribution in [0, 0.1) is 0 Å². The van der Waals surface area contributed by atoms with Crippen LogP contribution in [0.3, 0.4) is 0 Å². The van der Waals surface area contributed by atoms with E-state index in [4.69, 9.17) is 0 Å². The van der Waals surface area contributed by atoms with Crippen LogP contribution in [-0.2, 0) is 39.8 Å². The van der Waals surface area contributed by atoms with E-state index in [2.05, 4.69) is 17.3 Å². The van der Waals surface area contributed by atoms with Gasteiger partial charge in [-0.2, -0.15) is 0 Å². The summed E-state index contributed by atoms with van der Waals surface area (Å²) in [6.45, 7) is 0.